The molecule has 0 radical (unpaired) electrons. The first-order valence-electron chi connectivity index (χ1n) is 4.00. The number of nitrogens with one attached hydrogen (secondary N) is 1. The van der Waals surface area contributed by atoms with Crippen LogP contribution >= 0.6 is 0 Å². The first-order chi connectivity index (χ1) is 5.65. The van der Waals surface area contributed by atoms with Crippen molar-refractivity contribution in [2.45, 2.75) is 26.8 Å². The highest BCUT2D eigenvalue weighted by Gasteiger charge is 2.11. The number of hydrogen-bond donors (Lipinski definition) is 1. The molecule has 1 N–H and O–H groups in total. The van der Waals surface area contributed by atoms with E-state index in [0.717, 1.165) is 17.1 Å². The lowest BCUT2D eigenvalue weighted by atomic mass is 10.1. The average molecular weight is 169 g/mol. The highest BCUT2D eigenvalue weighted by atomic mass is 16.6. The number of rotatable bonds is 3. The summed E-state index contributed by atoms with van der Waals surface area (Å²) in [5.41, 5.74) is 4.00. The van der Waals surface area contributed by atoms with Crippen LogP contribution in [-0.2, 0) is 4.84 Å². The molecule has 1 rings (SSSR count). The van der Waals surface area contributed by atoms with Gasteiger partial charge in [-0.3, -0.25) is 0 Å². The van der Waals surface area contributed by atoms with Crippen molar-refractivity contribution in [3.05, 3.63) is 23.2 Å². The Kier molecular flexibility index (Phi) is 2.89. The molecule has 0 bridgehead atoms. The van der Waals surface area contributed by atoms with Crippen molar-refractivity contribution in [2.75, 3.05) is 7.11 Å². The van der Waals surface area contributed by atoms with E-state index in [2.05, 4.69) is 5.48 Å². The molecule has 1 unspecified atom stereocenters. The van der Waals surface area contributed by atoms with Crippen molar-refractivity contribution in [3.63, 3.8) is 0 Å². The minimum absolute atomic E-state index is 0.174. The van der Waals surface area contributed by atoms with Crippen LogP contribution in [0.2, 0.25) is 0 Å². The van der Waals surface area contributed by atoms with Gasteiger partial charge in [0.05, 0.1) is 13.2 Å². The largest absolute Gasteiger partial charge is 0.466 e. The van der Waals surface area contributed by atoms with Crippen LogP contribution in [0.5, 0.6) is 0 Å². The summed E-state index contributed by atoms with van der Waals surface area (Å²) in [5.74, 6) is 1.89. The lowest BCUT2D eigenvalue weighted by Crippen LogP contribution is -2.16. The Hall–Kier alpha value is -0.800. The van der Waals surface area contributed by atoms with Crippen LogP contribution in [0.3, 0.4) is 0 Å². The van der Waals surface area contributed by atoms with Gasteiger partial charge in [-0.1, -0.05) is 0 Å². The zero-order valence-electron chi connectivity index (χ0n) is 7.97. The third kappa shape index (κ3) is 1.87. The summed E-state index contributed by atoms with van der Waals surface area (Å²) >= 11 is 0. The fourth-order valence-corrected chi connectivity index (χ4v) is 1.32. The number of hydrogen-bond acceptors (Lipinski definition) is 3. The zero-order chi connectivity index (χ0) is 9.14. The molecule has 3 heteroatoms. The second-order valence-electron chi connectivity index (χ2n) is 2.91. The Morgan fingerprint density at radius 1 is 1.50 bits per heavy atom. The summed E-state index contributed by atoms with van der Waals surface area (Å²) in [6.45, 7) is 5.92. The molecule has 0 aliphatic heterocycles. The quantitative estimate of drug-likeness (QED) is 0.704. The number of hydroxylamine groups is 1. The normalized spacial score (nSPS) is 13.3. The molecule has 0 saturated heterocycles. The van der Waals surface area contributed by atoms with Gasteiger partial charge in [0.15, 0.2) is 0 Å². The van der Waals surface area contributed by atoms with Gasteiger partial charge in [-0.2, -0.15) is 5.48 Å². The molecule has 0 aromatic carbocycles. The molecule has 0 amide bonds. The smallest absolute Gasteiger partial charge is 0.105 e. The molecule has 0 aliphatic rings. The predicted octanol–water partition coefficient (Wildman–Crippen LogP) is 2.11. The molecule has 1 atom stereocenters. The molecule has 0 saturated carbocycles. The third-order valence-electron chi connectivity index (χ3n) is 1.84. The highest BCUT2D eigenvalue weighted by Crippen LogP contribution is 2.20. The Morgan fingerprint density at radius 2 is 2.17 bits per heavy atom. The van der Waals surface area contributed by atoms with Gasteiger partial charge >= 0.3 is 0 Å². The molecule has 1 aromatic heterocycles. The van der Waals surface area contributed by atoms with E-state index in [4.69, 9.17) is 9.25 Å². The van der Waals surface area contributed by atoms with Crippen molar-refractivity contribution >= 4 is 0 Å². The summed E-state index contributed by atoms with van der Waals surface area (Å²) in [4.78, 5) is 4.83. The average Bonchev–Trinajstić information content (AvgIpc) is 2.30. The van der Waals surface area contributed by atoms with Crippen LogP contribution in [0.15, 0.2) is 10.5 Å². The Morgan fingerprint density at radius 3 is 2.58 bits per heavy atom. The summed E-state index contributed by atoms with van der Waals surface area (Å²) in [6.07, 6.45) is 0. The maximum absolute atomic E-state index is 5.39. The minimum Gasteiger partial charge on any atom is -0.466 e. The molecule has 3 nitrogen and oxygen atoms in total. The minimum atomic E-state index is 0.174. The first-order valence-corrected chi connectivity index (χ1v) is 4.00. The van der Waals surface area contributed by atoms with Gasteiger partial charge in [-0.25, -0.2) is 0 Å². The van der Waals surface area contributed by atoms with E-state index in [-0.39, 0.29) is 6.04 Å². The summed E-state index contributed by atoms with van der Waals surface area (Å²) < 4.78 is 5.39. The van der Waals surface area contributed by atoms with Gasteiger partial charge in [0, 0.05) is 5.56 Å². The van der Waals surface area contributed by atoms with Gasteiger partial charge in [0.1, 0.15) is 11.5 Å². The predicted molar refractivity (Wildman–Crippen MR) is 46.7 cm³/mol. The van der Waals surface area contributed by atoms with Crippen LogP contribution < -0.4 is 5.48 Å². The van der Waals surface area contributed by atoms with Crippen LogP contribution in [0.4, 0.5) is 0 Å². The molecule has 1 aromatic rings. The molecule has 0 spiro atoms. The Bertz CT molecular complexity index is 255. The van der Waals surface area contributed by atoms with E-state index < -0.39 is 0 Å². The van der Waals surface area contributed by atoms with Gasteiger partial charge in [0.2, 0.25) is 0 Å². The maximum atomic E-state index is 5.39. The SMILES string of the molecule is CONC(C)c1cc(C)oc1C. The second kappa shape index (κ2) is 3.74. The van der Waals surface area contributed by atoms with E-state index in [1.54, 1.807) is 7.11 Å². The Balaban J connectivity index is 2.79. The van der Waals surface area contributed by atoms with Crippen LogP contribution in [-0.4, -0.2) is 7.11 Å². The number of furan rings is 1. The molecular formula is C9H15NO2. The summed E-state index contributed by atoms with van der Waals surface area (Å²) in [6, 6.07) is 2.19. The van der Waals surface area contributed by atoms with Crippen molar-refractivity contribution in [1.29, 1.82) is 0 Å². The van der Waals surface area contributed by atoms with E-state index >= 15 is 0 Å². The van der Waals surface area contributed by atoms with Gasteiger partial charge in [-0.05, 0) is 26.8 Å². The van der Waals surface area contributed by atoms with Crippen molar-refractivity contribution < 1.29 is 9.25 Å². The lowest BCUT2D eigenvalue weighted by molar-refractivity contribution is 0.0654. The molecule has 68 valence electrons. The van der Waals surface area contributed by atoms with Gasteiger partial charge < -0.3 is 9.25 Å². The first kappa shape index (κ1) is 9.29. The van der Waals surface area contributed by atoms with E-state index in [1.165, 1.54) is 0 Å². The second-order valence-corrected chi connectivity index (χ2v) is 2.91. The fourth-order valence-electron chi connectivity index (χ4n) is 1.32. The van der Waals surface area contributed by atoms with E-state index in [1.807, 2.05) is 26.8 Å². The topological polar surface area (TPSA) is 34.4 Å². The Labute approximate surface area is 72.7 Å². The van der Waals surface area contributed by atoms with Crippen LogP contribution in [0.1, 0.15) is 30.0 Å². The third-order valence-corrected chi connectivity index (χ3v) is 1.84. The fraction of sp³-hybridized carbons (Fsp3) is 0.556. The monoisotopic (exact) mass is 169 g/mol. The molecule has 12 heavy (non-hydrogen) atoms. The standard InChI is InChI=1S/C9H15NO2/c1-6-5-9(8(3)12-6)7(2)10-11-4/h5,7,10H,1-4H3. The maximum Gasteiger partial charge on any atom is 0.105 e. The number of aryl methyl sites for hydroxylation is 2. The zero-order valence-corrected chi connectivity index (χ0v) is 7.97. The van der Waals surface area contributed by atoms with Gasteiger partial charge in [0.25, 0.3) is 0 Å². The lowest BCUT2D eigenvalue weighted by Gasteiger charge is -2.09. The molecule has 0 fully saturated rings. The highest BCUT2D eigenvalue weighted by molar-refractivity contribution is 5.22. The summed E-state index contributed by atoms with van der Waals surface area (Å²) in [7, 11) is 1.61. The molecular weight excluding hydrogens is 154 g/mol. The van der Waals surface area contributed by atoms with Gasteiger partial charge in [-0.15, -0.1) is 0 Å². The van der Waals surface area contributed by atoms with Crippen molar-refractivity contribution in [2.24, 2.45) is 0 Å². The molecule has 1 heterocycles. The van der Waals surface area contributed by atoms with Crippen LogP contribution in [0, 0.1) is 13.8 Å². The molecule has 0 aliphatic carbocycles. The van der Waals surface area contributed by atoms with E-state index in [9.17, 15) is 0 Å². The van der Waals surface area contributed by atoms with Crippen molar-refractivity contribution in [3.8, 4) is 0 Å². The van der Waals surface area contributed by atoms with Crippen molar-refractivity contribution in [1.82, 2.24) is 5.48 Å². The van der Waals surface area contributed by atoms with Crippen LogP contribution in [0.25, 0.3) is 0 Å². The summed E-state index contributed by atoms with van der Waals surface area (Å²) in [5, 5.41) is 0. The van der Waals surface area contributed by atoms with E-state index in [0.29, 0.717) is 0 Å².